The monoisotopic (exact) mass is 445 g/mol. The summed E-state index contributed by atoms with van der Waals surface area (Å²) in [6, 6.07) is 28.1. The predicted molar refractivity (Wildman–Crippen MR) is 124 cm³/mol. The fourth-order valence-corrected chi connectivity index (χ4v) is 4.01. The number of hydrogen-bond donors (Lipinski definition) is 2. The maximum Gasteiger partial charge on any atom is 0.298 e. The molecule has 3 N–H and O–H groups in total. The highest BCUT2D eigenvalue weighted by Crippen LogP contribution is 2.32. The van der Waals surface area contributed by atoms with Crippen molar-refractivity contribution in [2.75, 3.05) is 5.73 Å². The molecule has 160 valence electrons. The summed E-state index contributed by atoms with van der Waals surface area (Å²) < 4.78 is 37.0. The average molecular weight is 445 g/mol. The molecule has 4 aromatic carbocycles. The second-order valence-electron chi connectivity index (χ2n) is 6.99. The van der Waals surface area contributed by atoms with E-state index in [1.165, 1.54) is 6.07 Å². The Morgan fingerprint density at radius 2 is 1.38 bits per heavy atom. The van der Waals surface area contributed by atoms with E-state index in [4.69, 9.17) is 14.7 Å². The highest BCUT2D eigenvalue weighted by Gasteiger charge is 2.18. The number of benzene rings is 4. The van der Waals surface area contributed by atoms with Crippen LogP contribution in [0, 0.1) is 0 Å². The normalized spacial score (nSPS) is 11.2. The third-order valence-corrected chi connectivity index (χ3v) is 5.76. The first-order valence-corrected chi connectivity index (χ1v) is 11.1. The maximum atomic E-state index is 12.0. The van der Waals surface area contributed by atoms with Gasteiger partial charge in [0, 0.05) is 27.6 Å². The SMILES string of the molecule is Nc1ccccc1C(=O)c1ccccc1.O=S(=O)(O)c1cccc2c1oc1ccccc12. The molecular formula is C25H19NO5S. The van der Waals surface area contributed by atoms with Crippen molar-refractivity contribution in [3.63, 3.8) is 0 Å². The Morgan fingerprint density at radius 1 is 0.750 bits per heavy atom. The van der Waals surface area contributed by atoms with E-state index in [0.717, 1.165) is 5.39 Å². The molecule has 0 fully saturated rings. The smallest absolute Gasteiger partial charge is 0.298 e. The van der Waals surface area contributed by atoms with E-state index in [1.807, 2.05) is 42.5 Å². The molecule has 0 unspecified atom stereocenters. The van der Waals surface area contributed by atoms with Gasteiger partial charge in [0.1, 0.15) is 10.5 Å². The number of nitrogen functional groups attached to an aromatic ring is 1. The fraction of sp³-hybridized carbons (Fsp3) is 0. The Balaban J connectivity index is 0.000000155. The summed E-state index contributed by atoms with van der Waals surface area (Å²) in [5, 5.41) is 1.50. The van der Waals surface area contributed by atoms with E-state index in [2.05, 4.69) is 0 Å². The van der Waals surface area contributed by atoms with Gasteiger partial charge in [0.2, 0.25) is 0 Å². The summed E-state index contributed by atoms with van der Waals surface area (Å²) in [4.78, 5) is 11.8. The molecule has 0 radical (unpaired) electrons. The topological polar surface area (TPSA) is 111 Å². The van der Waals surface area contributed by atoms with Gasteiger partial charge in [-0.25, -0.2) is 0 Å². The minimum absolute atomic E-state index is 0.0336. The molecule has 0 aliphatic carbocycles. The Kier molecular flexibility index (Phi) is 5.77. The molecule has 1 aromatic heterocycles. The van der Waals surface area contributed by atoms with E-state index in [9.17, 15) is 13.2 Å². The van der Waals surface area contributed by atoms with E-state index >= 15 is 0 Å². The molecule has 6 nitrogen and oxygen atoms in total. The zero-order valence-electron chi connectivity index (χ0n) is 16.8. The summed E-state index contributed by atoms with van der Waals surface area (Å²) in [6.45, 7) is 0. The van der Waals surface area contributed by atoms with E-state index < -0.39 is 10.1 Å². The highest BCUT2D eigenvalue weighted by molar-refractivity contribution is 7.86. The van der Waals surface area contributed by atoms with Crippen molar-refractivity contribution in [2.45, 2.75) is 4.90 Å². The van der Waals surface area contributed by atoms with Gasteiger partial charge in [0.25, 0.3) is 10.1 Å². The van der Waals surface area contributed by atoms with Crippen LogP contribution in [0.4, 0.5) is 5.69 Å². The summed E-state index contributed by atoms with van der Waals surface area (Å²) in [5.74, 6) is -0.0336. The van der Waals surface area contributed by atoms with E-state index in [-0.39, 0.29) is 16.3 Å². The van der Waals surface area contributed by atoms with Crippen LogP contribution in [0.25, 0.3) is 21.9 Å². The molecule has 0 aliphatic rings. The van der Waals surface area contributed by atoms with Crippen molar-refractivity contribution in [3.05, 3.63) is 108 Å². The molecule has 5 rings (SSSR count). The molecule has 0 saturated heterocycles. The zero-order chi connectivity index (χ0) is 22.7. The second kappa shape index (κ2) is 8.66. The lowest BCUT2D eigenvalue weighted by atomic mass is 10.0. The third-order valence-electron chi connectivity index (χ3n) is 4.89. The fourth-order valence-electron chi connectivity index (χ4n) is 3.37. The van der Waals surface area contributed by atoms with Crippen molar-refractivity contribution >= 4 is 43.5 Å². The van der Waals surface area contributed by atoms with E-state index in [0.29, 0.717) is 27.8 Å². The van der Waals surface area contributed by atoms with Crippen LogP contribution in [0.5, 0.6) is 0 Å². The van der Waals surface area contributed by atoms with Gasteiger partial charge in [-0.2, -0.15) is 8.42 Å². The number of hydrogen-bond acceptors (Lipinski definition) is 5. The lowest BCUT2D eigenvalue weighted by molar-refractivity contribution is 0.103. The van der Waals surface area contributed by atoms with Crippen molar-refractivity contribution < 1.29 is 22.2 Å². The van der Waals surface area contributed by atoms with Crippen LogP contribution in [0.1, 0.15) is 15.9 Å². The minimum Gasteiger partial charge on any atom is -0.455 e. The van der Waals surface area contributed by atoms with Crippen LogP contribution in [0.15, 0.2) is 106 Å². The van der Waals surface area contributed by atoms with Crippen LogP contribution in [-0.2, 0) is 10.1 Å². The lowest BCUT2D eigenvalue weighted by Crippen LogP contribution is -2.04. The van der Waals surface area contributed by atoms with Gasteiger partial charge in [-0.15, -0.1) is 0 Å². The number of fused-ring (bicyclic) bond motifs is 3. The molecule has 5 aromatic rings. The van der Waals surface area contributed by atoms with Crippen molar-refractivity contribution in [1.29, 1.82) is 0 Å². The number of carbonyl (C=O) groups excluding carboxylic acids is 1. The lowest BCUT2D eigenvalue weighted by Gasteiger charge is -2.03. The Bertz CT molecular complexity index is 1520. The standard InChI is InChI=1S/C13H11NO.C12H8O4S/c14-12-9-5-4-8-11(12)13(15)10-6-2-1-3-7-10;13-17(14,15)11-7-3-5-9-8-4-1-2-6-10(8)16-12(9)11/h1-9H,14H2;1-7H,(H,13,14,15). The van der Waals surface area contributed by atoms with Gasteiger partial charge in [0.05, 0.1) is 0 Å². The third kappa shape index (κ3) is 4.25. The molecule has 0 saturated carbocycles. The first-order chi connectivity index (χ1) is 15.4. The minimum atomic E-state index is -4.27. The molecule has 32 heavy (non-hydrogen) atoms. The molecule has 0 bridgehead atoms. The largest absolute Gasteiger partial charge is 0.455 e. The first kappa shape index (κ1) is 21.3. The van der Waals surface area contributed by atoms with Crippen molar-refractivity contribution in [2.24, 2.45) is 0 Å². The van der Waals surface area contributed by atoms with Gasteiger partial charge < -0.3 is 10.2 Å². The summed E-state index contributed by atoms with van der Waals surface area (Å²) in [7, 11) is -4.27. The van der Waals surface area contributed by atoms with Crippen LogP contribution in [0.3, 0.4) is 0 Å². The number of anilines is 1. The van der Waals surface area contributed by atoms with Crippen LogP contribution >= 0.6 is 0 Å². The van der Waals surface area contributed by atoms with Crippen molar-refractivity contribution in [3.8, 4) is 0 Å². The zero-order valence-corrected chi connectivity index (χ0v) is 17.6. The number of ketones is 1. The average Bonchev–Trinajstić information content (AvgIpc) is 3.18. The Morgan fingerprint density at radius 3 is 2.09 bits per heavy atom. The summed E-state index contributed by atoms with van der Waals surface area (Å²) in [5.41, 5.74) is 8.27. The predicted octanol–water partition coefficient (Wildman–Crippen LogP) is 5.33. The van der Waals surface area contributed by atoms with Crippen LogP contribution < -0.4 is 5.73 Å². The molecule has 0 spiro atoms. The number of para-hydroxylation sites is 3. The quantitative estimate of drug-likeness (QED) is 0.221. The second-order valence-corrected chi connectivity index (χ2v) is 8.38. The van der Waals surface area contributed by atoms with E-state index in [1.54, 1.807) is 48.5 Å². The van der Waals surface area contributed by atoms with Gasteiger partial charge in [-0.05, 0) is 24.3 Å². The number of carbonyl (C=O) groups is 1. The first-order valence-electron chi connectivity index (χ1n) is 9.68. The molecule has 1 heterocycles. The molecular weight excluding hydrogens is 426 g/mol. The Labute approximate surface area is 184 Å². The molecule has 7 heteroatoms. The number of furan rings is 1. The van der Waals surface area contributed by atoms with Crippen LogP contribution in [0.2, 0.25) is 0 Å². The molecule has 0 amide bonds. The number of rotatable bonds is 3. The maximum absolute atomic E-state index is 12.0. The van der Waals surface area contributed by atoms with Crippen molar-refractivity contribution in [1.82, 2.24) is 0 Å². The summed E-state index contributed by atoms with van der Waals surface area (Å²) in [6.07, 6.45) is 0. The van der Waals surface area contributed by atoms with Crippen LogP contribution in [-0.4, -0.2) is 18.8 Å². The molecule has 0 aliphatic heterocycles. The molecule has 0 atom stereocenters. The van der Waals surface area contributed by atoms with Gasteiger partial charge in [-0.1, -0.05) is 72.8 Å². The highest BCUT2D eigenvalue weighted by atomic mass is 32.2. The summed E-state index contributed by atoms with van der Waals surface area (Å²) >= 11 is 0. The Hall–Kier alpha value is -3.94. The number of nitrogens with two attached hydrogens (primary N) is 1. The van der Waals surface area contributed by atoms with Gasteiger partial charge >= 0.3 is 0 Å². The van der Waals surface area contributed by atoms with Gasteiger partial charge in [0.15, 0.2) is 11.4 Å². The van der Waals surface area contributed by atoms with Gasteiger partial charge in [-0.3, -0.25) is 9.35 Å².